The van der Waals surface area contributed by atoms with Gasteiger partial charge in [0.15, 0.2) is 0 Å². The molecule has 1 aromatic rings. The molecule has 0 amide bonds. The van der Waals surface area contributed by atoms with Gasteiger partial charge in [0.2, 0.25) is 0 Å². The summed E-state index contributed by atoms with van der Waals surface area (Å²) in [6.07, 6.45) is 10.6. The zero-order valence-corrected chi connectivity index (χ0v) is 12.5. The molecule has 0 spiro atoms. The summed E-state index contributed by atoms with van der Waals surface area (Å²) in [5.41, 5.74) is 0. The Balaban J connectivity index is 1.65. The van der Waals surface area contributed by atoms with Crippen LogP contribution in [0.25, 0.3) is 0 Å². The van der Waals surface area contributed by atoms with Gasteiger partial charge in [-0.25, -0.2) is 4.98 Å². The van der Waals surface area contributed by atoms with Crippen molar-refractivity contribution in [2.24, 2.45) is 5.92 Å². The lowest BCUT2D eigenvalue weighted by molar-refractivity contribution is -0.146. The molecule has 20 heavy (non-hydrogen) atoms. The Hall–Kier alpha value is -1.36. The van der Waals surface area contributed by atoms with E-state index in [0.29, 0.717) is 0 Å². The van der Waals surface area contributed by atoms with Gasteiger partial charge in [-0.1, -0.05) is 0 Å². The lowest BCUT2D eigenvalue weighted by Crippen LogP contribution is -2.44. The quantitative estimate of drug-likeness (QED) is 0.747. The largest absolute Gasteiger partial charge is 0.468 e. The Morgan fingerprint density at radius 2 is 2.20 bits per heavy atom. The predicted octanol–water partition coefficient (Wildman–Crippen LogP) is 1.94. The van der Waals surface area contributed by atoms with Gasteiger partial charge in [0.1, 0.15) is 6.04 Å². The molecule has 5 heteroatoms. The fourth-order valence-corrected chi connectivity index (χ4v) is 2.93. The first-order valence-corrected chi connectivity index (χ1v) is 7.48. The highest BCUT2D eigenvalue weighted by Gasteiger charge is 2.26. The third-order valence-corrected chi connectivity index (χ3v) is 4.33. The highest BCUT2D eigenvalue weighted by Crippen LogP contribution is 2.23. The second-order valence-electron chi connectivity index (χ2n) is 5.62. The van der Waals surface area contributed by atoms with Crippen LogP contribution in [0.3, 0.4) is 0 Å². The number of hydrogen-bond acceptors (Lipinski definition) is 4. The fraction of sp³-hybridized carbons (Fsp3) is 0.733. The zero-order chi connectivity index (χ0) is 14.4. The van der Waals surface area contributed by atoms with E-state index in [1.165, 1.54) is 32.8 Å². The molecule has 5 nitrogen and oxygen atoms in total. The Bertz CT molecular complexity index is 397. The predicted molar refractivity (Wildman–Crippen MR) is 77.2 cm³/mol. The number of rotatable bonds is 6. The second kappa shape index (κ2) is 7.43. The van der Waals surface area contributed by atoms with Crippen LogP contribution in [0.4, 0.5) is 0 Å². The number of carbonyl (C=O) groups excluding carboxylic acids is 1. The van der Waals surface area contributed by atoms with Crippen LogP contribution < -0.4 is 0 Å². The molecule has 0 radical (unpaired) electrons. The van der Waals surface area contributed by atoms with Crippen molar-refractivity contribution >= 4 is 5.97 Å². The minimum Gasteiger partial charge on any atom is -0.468 e. The van der Waals surface area contributed by atoms with Crippen LogP contribution in [0.15, 0.2) is 18.7 Å². The van der Waals surface area contributed by atoms with Crippen molar-refractivity contribution in [2.45, 2.75) is 45.2 Å². The topological polar surface area (TPSA) is 47.4 Å². The molecule has 1 saturated heterocycles. The maximum Gasteiger partial charge on any atom is 0.322 e. The molecule has 1 aliphatic rings. The molecule has 0 aromatic carbocycles. The Morgan fingerprint density at radius 1 is 1.45 bits per heavy atom. The maximum absolute atomic E-state index is 11.5. The molecule has 1 fully saturated rings. The molecule has 2 heterocycles. The highest BCUT2D eigenvalue weighted by molar-refractivity contribution is 5.75. The summed E-state index contributed by atoms with van der Waals surface area (Å²) >= 11 is 0. The van der Waals surface area contributed by atoms with Crippen molar-refractivity contribution in [1.29, 1.82) is 0 Å². The number of piperidine rings is 1. The third-order valence-electron chi connectivity index (χ3n) is 4.33. The van der Waals surface area contributed by atoms with Crippen LogP contribution >= 0.6 is 0 Å². The van der Waals surface area contributed by atoms with E-state index >= 15 is 0 Å². The van der Waals surface area contributed by atoms with Gasteiger partial charge in [0.25, 0.3) is 0 Å². The number of aromatic nitrogens is 2. The van der Waals surface area contributed by atoms with Crippen molar-refractivity contribution in [3.8, 4) is 0 Å². The molecule has 0 bridgehead atoms. The van der Waals surface area contributed by atoms with E-state index in [0.717, 1.165) is 25.6 Å². The summed E-state index contributed by atoms with van der Waals surface area (Å²) in [4.78, 5) is 17.8. The number of nitrogens with zero attached hydrogens (tertiary/aromatic N) is 3. The van der Waals surface area contributed by atoms with E-state index < -0.39 is 0 Å². The number of methoxy groups -OCH3 is 1. The first-order chi connectivity index (χ1) is 9.70. The molecule has 0 aliphatic carbocycles. The van der Waals surface area contributed by atoms with E-state index in [2.05, 4.69) is 14.5 Å². The van der Waals surface area contributed by atoms with Gasteiger partial charge in [-0.05, 0) is 51.6 Å². The number of esters is 1. The average Bonchev–Trinajstić information content (AvgIpc) is 2.99. The second-order valence-corrected chi connectivity index (χ2v) is 5.62. The molecule has 1 unspecified atom stereocenters. The van der Waals surface area contributed by atoms with Crippen molar-refractivity contribution in [1.82, 2.24) is 14.5 Å². The number of imidazole rings is 1. The van der Waals surface area contributed by atoms with Crippen LogP contribution in [0.1, 0.15) is 32.6 Å². The molecule has 0 saturated carbocycles. The third kappa shape index (κ3) is 4.07. The minimum absolute atomic E-state index is 0.105. The molecule has 1 aliphatic heterocycles. The molecular formula is C15H25N3O2. The Kier molecular flexibility index (Phi) is 5.59. The monoisotopic (exact) mass is 279 g/mol. The van der Waals surface area contributed by atoms with Gasteiger partial charge in [-0.3, -0.25) is 9.69 Å². The summed E-state index contributed by atoms with van der Waals surface area (Å²) in [5.74, 6) is 0.670. The van der Waals surface area contributed by atoms with Gasteiger partial charge in [-0.15, -0.1) is 0 Å². The highest BCUT2D eigenvalue weighted by atomic mass is 16.5. The summed E-state index contributed by atoms with van der Waals surface area (Å²) in [5, 5.41) is 0. The van der Waals surface area contributed by atoms with Gasteiger partial charge < -0.3 is 9.30 Å². The summed E-state index contributed by atoms with van der Waals surface area (Å²) in [6.45, 7) is 5.00. The first-order valence-electron chi connectivity index (χ1n) is 7.48. The molecule has 1 atom stereocenters. The Morgan fingerprint density at radius 3 is 2.80 bits per heavy atom. The number of hydrogen-bond donors (Lipinski definition) is 0. The molecule has 1 aromatic heterocycles. The molecular weight excluding hydrogens is 254 g/mol. The van der Waals surface area contributed by atoms with E-state index in [9.17, 15) is 4.79 Å². The van der Waals surface area contributed by atoms with Crippen LogP contribution in [0.5, 0.6) is 0 Å². The van der Waals surface area contributed by atoms with E-state index in [4.69, 9.17) is 4.74 Å². The van der Waals surface area contributed by atoms with Crippen LogP contribution in [0, 0.1) is 5.92 Å². The molecule has 0 N–H and O–H groups in total. The fourth-order valence-electron chi connectivity index (χ4n) is 2.93. The summed E-state index contributed by atoms with van der Waals surface area (Å²) < 4.78 is 6.94. The summed E-state index contributed by atoms with van der Waals surface area (Å²) in [6, 6.07) is -0.105. The number of aryl methyl sites for hydroxylation is 1. The zero-order valence-electron chi connectivity index (χ0n) is 12.5. The van der Waals surface area contributed by atoms with Gasteiger partial charge in [-0.2, -0.15) is 0 Å². The van der Waals surface area contributed by atoms with E-state index in [1.807, 2.05) is 25.6 Å². The van der Waals surface area contributed by atoms with Gasteiger partial charge in [0.05, 0.1) is 13.4 Å². The lowest BCUT2D eigenvalue weighted by atomic mass is 9.91. The van der Waals surface area contributed by atoms with Gasteiger partial charge in [0, 0.05) is 18.9 Å². The number of likely N-dealkylation sites (tertiary alicyclic amines) is 1. The van der Waals surface area contributed by atoms with Gasteiger partial charge >= 0.3 is 5.97 Å². The van der Waals surface area contributed by atoms with Crippen molar-refractivity contribution < 1.29 is 9.53 Å². The molecule has 2 rings (SSSR count). The summed E-state index contributed by atoms with van der Waals surface area (Å²) in [7, 11) is 1.46. The lowest BCUT2D eigenvalue weighted by Gasteiger charge is -2.34. The SMILES string of the molecule is COC(=O)C(C)N1CCC(CCCn2ccnc2)CC1. The smallest absolute Gasteiger partial charge is 0.322 e. The number of carbonyl (C=O) groups is 1. The molecule has 112 valence electrons. The van der Waals surface area contributed by atoms with Crippen LogP contribution in [0.2, 0.25) is 0 Å². The minimum atomic E-state index is -0.122. The standard InChI is InChI=1S/C15H25N3O2/c1-13(15(19)20-2)18-9-5-14(6-10-18)4-3-8-17-11-7-16-12-17/h7,11-14H,3-6,8-10H2,1-2H3. The normalized spacial score (nSPS) is 18.9. The van der Waals surface area contributed by atoms with Crippen molar-refractivity contribution in [3.63, 3.8) is 0 Å². The Labute approximate surface area is 120 Å². The first kappa shape index (κ1) is 15.0. The van der Waals surface area contributed by atoms with Crippen molar-refractivity contribution in [3.05, 3.63) is 18.7 Å². The van der Waals surface area contributed by atoms with E-state index in [-0.39, 0.29) is 12.0 Å². The average molecular weight is 279 g/mol. The van der Waals surface area contributed by atoms with Crippen molar-refractivity contribution in [2.75, 3.05) is 20.2 Å². The van der Waals surface area contributed by atoms with E-state index in [1.54, 1.807) is 0 Å². The maximum atomic E-state index is 11.5. The number of ether oxygens (including phenoxy) is 1. The van der Waals surface area contributed by atoms with Crippen LogP contribution in [-0.2, 0) is 16.1 Å². The van der Waals surface area contributed by atoms with Crippen LogP contribution in [-0.4, -0.2) is 46.7 Å².